The van der Waals surface area contributed by atoms with E-state index in [1.807, 2.05) is 4.90 Å². The highest BCUT2D eigenvalue weighted by atomic mass is 16.2. The van der Waals surface area contributed by atoms with E-state index in [1.54, 1.807) is 24.5 Å². The van der Waals surface area contributed by atoms with Gasteiger partial charge in [-0.15, -0.1) is 0 Å². The van der Waals surface area contributed by atoms with Crippen LogP contribution in [0.1, 0.15) is 55.3 Å². The van der Waals surface area contributed by atoms with E-state index < -0.39 is 11.8 Å². The lowest BCUT2D eigenvalue weighted by atomic mass is 9.96. The molecule has 1 aromatic heterocycles. The summed E-state index contributed by atoms with van der Waals surface area (Å²) in [6, 6.07) is 3.44. The van der Waals surface area contributed by atoms with Gasteiger partial charge in [0.15, 0.2) is 0 Å². The molecule has 3 amide bonds. The molecule has 0 aromatic carbocycles. The molecular formula is C22H30N4O3. The number of amides is 3. The number of rotatable bonds is 6. The summed E-state index contributed by atoms with van der Waals surface area (Å²) in [6.07, 6.45) is 12.6. The lowest BCUT2D eigenvalue weighted by molar-refractivity contribution is -0.139. The van der Waals surface area contributed by atoms with Gasteiger partial charge in [0.25, 0.3) is 5.91 Å². The Balaban J connectivity index is 1.32. The van der Waals surface area contributed by atoms with Crippen LogP contribution >= 0.6 is 0 Å². The lowest BCUT2D eigenvalue weighted by Gasteiger charge is -2.32. The molecule has 7 heteroatoms. The molecule has 2 heterocycles. The Kier molecular flexibility index (Phi) is 7.78. The molecule has 0 unspecified atom stereocenters. The molecule has 3 rings (SSSR count). The Morgan fingerprint density at radius 1 is 1.03 bits per heavy atom. The van der Waals surface area contributed by atoms with Gasteiger partial charge in [-0.05, 0) is 63.0 Å². The third-order valence-electron chi connectivity index (χ3n) is 5.70. The predicted octanol–water partition coefficient (Wildman–Crippen LogP) is 2.06. The van der Waals surface area contributed by atoms with E-state index in [-0.39, 0.29) is 11.8 Å². The molecule has 0 bridgehead atoms. The zero-order valence-corrected chi connectivity index (χ0v) is 16.9. The number of carbonyl (C=O) groups is 3. The molecule has 7 nitrogen and oxygen atoms in total. The maximum absolute atomic E-state index is 12.4. The van der Waals surface area contributed by atoms with Gasteiger partial charge in [-0.2, -0.15) is 0 Å². The first-order valence-corrected chi connectivity index (χ1v) is 10.6. The summed E-state index contributed by atoms with van der Waals surface area (Å²) in [4.78, 5) is 42.2. The molecule has 29 heavy (non-hydrogen) atoms. The number of nitrogens with zero attached hydrogens (tertiary/aromatic N) is 2. The van der Waals surface area contributed by atoms with Crippen molar-refractivity contribution < 1.29 is 14.4 Å². The standard InChI is InChI=1S/C22H30N4O3/c27-20(24-13-6-17-4-2-1-3-5-17)21(28)25-16-18-9-14-26(15-10-18)22(29)19-7-11-23-12-8-19/h4,7-8,11-12,18H,1-3,5-6,9-10,13-16H2,(H,24,27)(H,25,28). The van der Waals surface area contributed by atoms with Crippen LogP contribution in [0.15, 0.2) is 36.2 Å². The Morgan fingerprint density at radius 3 is 2.45 bits per heavy atom. The first-order chi connectivity index (χ1) is 14.1. The quantitative estimate of drug-likeness (QED) is 0.567. The smallest absolute Gasteiger partial charge is 0.309 e. The second kappa shape index (κ2) is 10.7. The first kappa shape index (κ1) is 21.0. The normalized spacial score (nSPS) is 17.4. The van der Waals surface area contributed by atoms with Crippen LogP contribution in [0.4, 0.5) is 0 Å². The largest absolute Gasteiger partial charge is 0.348 e. The summed E-state index contributed by atoms with van der Waals surface area (Å²) < 4.78 is 0. The predicted molar refractivity (Wildman–Crippen MR) is 110 cm³/mol. The first-order valence-electron chi connectivity index (χ1n) is 10.6. The van der Waals surface area contributed by atoms with Gasteiger partial charge in [-0.3, -0.25) is 19.4 Å². The van der Waals surface area contributed by atoms with Crippen molar-refractivity contribution >= 4 is 17.7 Å². The Hall–Kier alpha value is -2.70. The van der Waals surface area contributed by atoms with Gasteiger partial charge in [0.2, 0.25) is 0 Å². The van der Waals surface area contributed by atoms with Gasteiger partial charge < -0.3 is 15.5 Å². The van der Waals surface area contributed by atoms with E-state index in [0.29, 0.717) is 31.7 Å². The molecule has 0 atom stereocenters. The molecule has 0 spiro atoms. The minimum absolute atomic E-state index is 0.0161. The Morgan fingerprint density at radius 2 is 1.76 bits per heavy atom. The SMILES string of the molecule is O=C(NCCC1=CCCCC1)C(=O)NCC1CCN(C(=O)c2ccncc2)CC1. The number of hydrogen-bond donors (Lipinski definition) is 2. The summed E-state index contributed by atoms with van der Waals surface area (Å²) >= 11 is 0. The van der Waals surface area contributed by atoms with E-state index in [0.717, 1.165) is 32.1 Å². The van der Waals surface area contributed by atoms with Crippen LogP contribution in [0, 0.1) is 5.92 Å². The van der Waals surface area contributed by atoms with Crippen LogP contribution in [-0.4, -0.2) is 53.8 Å². The van der Waals surface area contributed by atoms with Crippen LogP contribution < -0.4 is 10.6 Å². The van der Waals surface area contributed by atoms with Crippen molar-refractivity contribution in [3.63, 3.8) is 0 Å². The van der Waals surface area contributed by atoms with Crippen molar-refractivity contribution in [2.75, 3.05) is 26.2 Å². The molecule has 1 aromatic rings. The number of carbonyl (C=O) groups excluding carboxylic acids is 3. The molecule has 0 radical (unpaired) electrons. The molecule has 1 aliphatic heterocycles. The van der Waals surface area contributed by atoms with Gasteiger partial charge in [-0.25, -0.2) is 0 Å². The summed E-state index contributed by atoms with van der Waals surface area (Å²) in [6.45, 7) is 2.29. The minimum Gasteiger partial charge on any atom is -0.348 e. The third kappa shape index (κ3) is 6.41. The average molecular weight is 399 g/mol. The topological polar surface area (TPSA) is 91.4 Å². The van der Waals surface area contributed by atoms with Crippen molar-refractivity contribution in [3.05, 3.63) is 41.7 Å². The van der Waals surface area contributed by atoms with Crippen LogP contribution in [-0.2, 0) is 9.59 Å². The molecule has 0 saturated carbocycles. The third-order valence-corrected chi connectivity index (χ3v) is 5.70. The number of allylic oxidation sites excluding steroid dienone is 1. The number of nitrogens with one attached hydrogen (secondary N) is 2. The minimum atomic E-state index is -0.571. The number of piperidine rings is 1. The van der Waals surface area contributed by atoms with Gasteiger partial charge in [0, 0.05) is 44.1 Å². The van der Waals surface area contributed by atoms with Crippen LogP contribution in [0.2, 0.25) is 0 Å². The fourth-order valence-electron chi connectivity index (χ4n) is 3.88. The molecule has 2 aliphatic rings. The van der Waals surface area contributed by atoms with Crippen LogP contribution in [0.3, 0.4) is 0 Å². The average Bonchev–Trinajstić information content (AvgIpc) is 2.78. The van der Waals surface area contributed by atoms with E-state index in [2.05, 4.69) is 21.7 Å². The fraction of sp³-hybridized carbons (Fsp3) is 0.545. The van der Waals surface area contributed by atoms with E-state index in [4.69, 9.17) is 0 Å². The summed E-state index contributed by atoms with van der Waals surface area (Å²) in [5.41, 5.74) is 2.03. The van der Waals surface area contributed by atoms with Gasteiger partial charge in [0.05, 0.1) is 0 Å². The maximum Gasteiger partial charge on any atom is 0.309 e. The Bertz CT molecular complexity index is 740. The number of aromatic nitrogens is 1. The molecule has 156 valence electrons. The highest BCUT2D eigenvalue weighted by Crippen LogP contribution is 2.20. The van der Waals surface area contributed by atoms with E-state index in [1.165, 1.54) is 18.4 Å². The number of pyridine rings is 1. The zero-order valence-electron chi connectivity index (χ0n) is 16.9. The monoisotopic (exact) mass is 398 g/mol. The highest BCUT2D eigenvalue weighted by Gasteiger charge is 2.24. The Labute approximate surface area is 171 Å². The van der Waals surface area contributed by atoms with Gasteiger partial charge in [0.1, 0.15) is 0 Å². The highest BCUT2D eigenvalue weighted by molar-refractivity contribution is 6.35. The summed E-state index contributed by atoms with van der Waals surface area (Å²) in [5, 5.41) is 5.45. The van der Waals surface area contributed by atoms with Crippen LogP contribution in [0.25, 0.3) is 0 Å². The number of hydrogen-bond acceptors (Lipinski definition) is 4. The zero-order chi connectivity index (χ0) is 20.5. The second-order valence-electron chi connectivity index (χ2n) is 7.80. The lowest BCUT2D eigenvalue weighted by Crippen LogP contribution is -2.45. The van der Waals surface area contributed by atoms with E-state index >= 15 is 0 Å². The molecule has 1 fully saturated rings. The number of likely N-dealkylation sites (tertiary alicyclic amines) is 1. The van der Waals surface area contributed by atoms with Crippen molar-refractivity contribution in [2.45, 2.75) is 44.9 Å². The van der Waals surface area contributed by atoms with Crippen molar-refractivity contribution in [1.82, 2.24) is 20.5 Å². The molecule has 1 saturated heterocycles. The van der Waals surface area contributed by atoms with Crippen LogP contribution in [0.5, 0.6) is 0 Å². The van der Waals surface area contributed by atoms with Crippen molar-refractivity contribution in [2.24, 2.45) is 5.92 Å². The second-order valence-corrected chi connectivity index (χ2v) is 7.80. The van der Waals surface area contributed by atoms with Gasteiger partial charge in [-0.1, -0.05) is 11.6 Å². The molecular weight excluding hydrogens is 368 g/mol. The summed E-state index contributed by atoms with van der Waals surface area (Å²) in [5.74, 6) is -0.840. The van der Waals surface area contributed by atoms with E-state index in [9.17, 15) is 14.4 Å². The van der Waals surface area contributed by atoms with Crippen molar-refractivity contribution in [1.29, 1.82) is 0 Å². The fourth-order valence-corrected chi connectivity index (χ4v) is 3.88. The summed E-state index contributed by atoms with van der Waals surface area (Å²) in [7, 11) is 0. The molecule has 1 aliphatic carbocycles. The maximum atomic E-state index is 12.4. The molecule has 2 N–H and O–H groups in total. The van der Waals surface area contributed by atoms with Crippen molar-refractivity contribution in [3.8, 4) is 0 Å². The van der Waals surface area contributed by atoms with Gasteiger partial charge >= 0.3 is 11.8 Å².